The second-order valence-corrected chi connectivity index (χ2v) is 3.52. The van der Waals surface area contributed by atoms with Crippen LogP contribution in [0.3, 0.4) is 0 Å². The molecule has 16 heavy (non-hydrogen) atoms. The van der Waals surface area contributed by atoms with Crippen molar-refractivity contribution in [2.24, 2.45) is 4.99 Å². The van der Waals surface area contributed by atoms with Gasteiger partial charge in [-0.15, -0.1) is 0 Å². The summed E-state index contributed by atoms with van der Waals surface area (Å²) in [5.41, 5.74) is 1.84. The molecule has 0 spiro atoms. The third-order valence-electron chi connectivity index (χ3n) is 2.34. The molecule has 82 valence electrons. The number of benzene rings is 1. The molecule has 0 unspecified atom stereocenters. The molecule has 0 saturated carbocycles. The molecule has 0 saturated heterocycles. The van der Waals surface area contributed by atoms with Crippen LogP contribution in [-0.4, -0.2) is 16.5 Å². The van der Waals surface area contributed by atoms with Gasteiger partial charge in [0.25, 0.3) is 0 Å². The van der Waals surface area contributed by atoms with Crippen molar-refractivity contribution in [1.29, 1.82) is 0 Å². The monoisotopic (exact) mass is 214 g/mol. The smallest absolute Gasteiger partial charge is 0.163 e. The van der Waals surface area contributed by atoms with Crippen molar-refractivity contribution in [3.8, 4) is 0 Å². The van der Waals surface area contributed by atoms with Gasteiger partial charge in [0.05, 0.1) is 0 Å². The number of pyridine rings is 1. The second kappa shape index (κ2) is 5.16. The Labute approximate surface area is 94.3 Å². The molecule has 2 aromatic rings. The van der Waals surface area contributed by atoms with E-state index >= 15 is 0 Å². The molecule has 0 bridgehead atoms. The predicted molar refractivity (Wildman–Crippen MR) is 62.2 cm³/mol. The Morgan fingerprint density at radius 2 is 1.75 bits per heavy atom. The van der Waals surface area contributed by atoms with E-state index in [2.05, 4.69) is 17.1 Å². The maximum atomic E-state index is 9.43. The van der Waals surface area contributed by atoms with Gasteiger partial charge in [-0.1, -0.05) is 36.4 Å². The number of rotatable bonds is 3. The van der Waals surface area contributed by atoms with Gasteiger partial charge in [-0.05, 0) is 24.1 Å². The Hall–Kier alpha value is -2.03. The lowest BCUT2D eigenvalue weighted by Gasteiger charge is -1.98. The van der Waals surface area contributed by atoms with E-state index in [1.807, 2.05) is 24.3 Å². The first kappa shape index (κ1) is 10.5. The van der Waals surface area contributed by atoms with Crippen LogP contribution in [0, 0.1) is 0 Å². The average Bonchev–Trinajstić information content (AvgIpc) is 2.33. The van der Waals surface area contributed by atoms with Crippen LogP contribution in [0.2, 0.25) is 0 Å². The largest absolute Gasteiger partial charge is 0.427 e. The summed E-state index contributed by atoms with van der Waals surface area (Å²) in [5, 5.41) is 9.43. The quantitative estimate of drug-likeness (QED) is 0.778. The van der Waals surface area contributed by atoms with Crippen LogP contribution in [0.25, 0.3) is 0 Å². The molecule has 3 heteroatoms. The summed E-state index contributed by atoms with van der Waals surface area (Å²) < 4.78 is 1.03. The molecule has 0 aliphatic heterocycles. The summed E-state index contributed by atoms with van der Waals surface area (Å²) in [7, 11) is 0. The van der Waals surface area contributed by atoms with Crippen LogP contribution < -0.4 is 5.49 Å². The van der Waals surface area contributed by atoms with Gasteiger partial charge in [0, 0.05) is 12.7 Å². The first-order valence-corrected chi connectivity index (χ1v) is 5.27. The van der Waals surface area contributed by atoms with Crippen molar-refractivity contribution >= 4 is 0 Å². The normalized spacial score (nSPS) is 11.6. The molecule has 0 atom stereocenters. The van der Waals surface area contributed by atoms with Gasteiger partial charge in [-0.3, -0.25) is 4.99 Å². The highest BCUT2D eigenvalue weighted by molar-refractivity contribution is 5.14. The summed E-state index contributed by atoms with van der Waals surface area (Å²) in [5.74, 6) is 0. The predicted octanol–water partition coefficient (Wildman–Crippen LogP) is 1.87. The highest BCUT2D eigenvalue weighted by atomic mass is 16.5. The Bertz CT molecular complexity index is 503. The van der Waals surface area contributed by atoms with Crippen molar-refractivity contribution in [3.63, 3.8) is 0 Å². The van der Waals surface area contributed by atoms with Crippen molar-refractivity contribution in [2.75, 3.05) is 6.54 Å². The molecule has 0 radical (unpaired) electrons. The number of hydrogen-bond donors (Lipinski definition) is 1. The minimum absolute atomic E-state index is 0.582. The van der Waals surface area contributed by atoms with E-state index in [-0.39, 0.29) is 0 Å². The lowest BCUT2D eigenvalue weighted by atomic mass is 10.2. The average molecular weight is 214 g/mol. The summed E-state index contributed by atoms with van der Waals surface area (Å²) in [6, 6.07) is 15.6. The Balaban J connectivity index is 2.03. The molecule has 1 aromatic carbocycles. The SMILES string of the molecule is On1ccccc1=NCCc1ccccc1. The molecule has 0 fully saturated rings. The van der Waals surface area contributed by atoms with Crippen LogP contribution in [-0.2, 0) is 6.42 Å². The van der Waals surface area contributed by atoms with Gasteiger partial charge >= 0.3 is 0 Å². The molecule has 0 aliphatic carbocycles. The van der Waals surface area contributed by atoms with E-state index in [4.69, 9.17) is 0 Å². The number of nitrogens with zero attached hydrogens (tertiary/aromatic N) is 2. The molecular formula is C13H14N2O. The van der Waals surface area contributed by atoms with Crippen molar-refractivity contribution in [1.82, 2.24) is 4.73 Å². The summed E-state index contributed by atoms with van der Waals surface area (Å²) in [4.78, 5) is 4.31. The van der Waals surface area contributed by atoms with E-state index in [9.17, 15) is 5.21 Å². The van der Waals surface area contributed by atoms with Gasteiger partial charge in [0.2, 0.25) is 0 Å². The van der Waals surface area contributed by atoms with E-state index in [0.717, 1.165) is 11.2 Å². The summed E-state index contributed by atoms with van der Waals surface area (Å²) >= 11 is 0. The molecule has 2 rings (SSSR count). The van der Waals surface area contributed by atoms with Crippen molar-refractivity contribution in [2.45, 2.75) is 6.42 Å². The van der Waals surface area contributed by atoms with Gasteiger partial charge < -0.3 is 5.21 Å². The van der Waals surface area contributed by atoms with Crippen LogP contribution in [0.5, 0.6) is 0 Å². The maximum absolute atomic E-state index is 9.43. The molecule has 0 amide bonds. The first-order chi connectivity index (χ1) is 7.86. The topological polar surface area (TPSA) is 37.5 Å². The van der Waals surface area contributed by atoms with E-state index in [1.165, 1.54) is 5.56 Å². The zero-order valence-corrected chi connectivity index (χ0v) is 8.95. The fraction of sp³-hybridized carbons (Fsp3) is 0.154. The molecule has 1 N–H and O–H groups in total. The molecule has 1 heterocycles. The van der Waals surface area contributed by atoms with Gasteiger partial charge in [-0.2, -0.15) is 4.73 Å². The standard InChI is InChI=1S/C13H14N2O/c16-15-11-5-4-8-13(15)14-10-9-12-6-2-1-3-7-12/h1-8,11,16H,9-10H2. The van der Waals surface area contributed by atoms with Crippen LogP contribution in [0.4, 0.5) is 0 Å². The van der Waals surface area contributed by atoms with Crippen molar-refractivity contribution in [3.05, 3.63) is 65.8 Å². The zero-order valence-electron chi connectivity index (χ0n) is 8.95. The Morgan fingerprint density at radius 1 is 1.00 bits per heavy atom. The van der Waals surface area contributed by atoms with Crippen LogP contribution >= 0.6 is 0 Å². The van der Waals surface area contributed by atoms with Gasteiger partial charge in [-0.25, -0.2) is 0 Å². The minimum Gasteiger partial charge on any atom is -0.427 e. The second-order valence-electron chi connectivity index (χ2n) is 3.52. The fourth-order valence-corrected chi connectivity index (χ4v) is 1.49. The van der Waals surface area contributed by atoms with Gasteiger partial charge in [0.15, 0.2) is 5.49 Å². The van der Waals surface area contributed by atoms with E-state index < -0.39 is 0 Å². The minimum atomic E-state index is 0.582. The number of aromatic nitrogens is 1. The highest BCUT2D eigenvalue weighted by Crippen LogP contribution is 1.98. The van der Waals surface area contributed by atoms with Gasteiger partial charge in [0.1, 0.15) is 0 Å². The van der Waals surface area contributed by atoms with Crippen molar-refractivity contribution < 1.29 is 5.21 Å². The molecular weight excluding hydrogens is 200 g/mol. The number of hydrogen-bond acceptors (Lipinski definition) is 2. The maximum Gasteiger partial charge on any atom is 0.163 e. The third kappa shape index (κ3) is 2.73. The third-order valence-corrected chi connectivity index (χ3v) is 2.34. The van der Waals surface area contributed by atoms with Crippen LogP contribution in [0.1, 0.15) is 5.56 Å². The van der Waals surface area contributed by atoms with E-state index in [1.54, 1.807) is 18.3 Å². The Morgan fingerprint density at radius 3 is 2.50 bits per heavy atom. The summed E-state index contributed by atoms with van der Waals surface area (Å²) in [6.07, 6.45) is 2.46. The van der Waals surface area contributed by atoms with E-state index in [0.29, 0.717) is 12.0 Å². The lowest BCUT2D eigenvalue weighted by Crippen LogP contribution is -2.17. The highest BCUT2D eigenvalue weighted by Gasteiger charge is 1.90. The summed E-state index contributed by atoms with van der Waals surface area (Å²) in [6.45, 7) is 0.675. The fourth-order valence-electron chi connectivity index (χ4n) is 1.49. The molecule has 1 aromatic heterocycles. The Kier molecular flexibility index (Phi) is 3.38. The molecule has 3 nitrogen and oxygen atoms in total. The lowest BCUT2D eigenvalue weighted by molar-refractivity contribution is 0.171. The first-order valence-electron chi connectivity index (χ1n) is 5.27. The molecule has 0 aliphatic rings. The van der Waals surface area contributed by atoms with Crippen LogP contribution in [0.15, 0.2) is 59.7 Å². The zero-order chi connectivity index (χ0) is 11.2.